The normalized spacial score (nSPS) is 23.4. The van der Waals surface area contributed by atoms with Gasteiger partial charge in [0.15, 0.2) is 0 Å². The van der Waals surface area contributed by atoms with E-state index in [-0.39, 0.29) is 6.42 Å². The first-order chi connectivity index (χ1) is 8.76. The molecule has 0 aliphatic heterocycles. The largest absolute Gasteiger partial charge is 0.481 e. The lowest BCUT2D eigenvalue weighted by Crippen LogP contribution is -2.45. The van der Waals surface area contributed by atoms with Gasteiger partial charge in [-0.1, -0.05) is 6.42 Å². The molecular weight excluding hydrogens is 267 g/mol. The average Bonchev–Trinajstić information content (AvgIpc) is 2.74. The fourth-order valence-corrected chi connectivity index (χ4v) is 2.39. The molecule has 110 valence electrons. The summed E-state index contributed by atoms with van der Waals surface area (Å²) >= 11 is 0. The SMILES string of the molecule is O=C(O)C1CCCC1C(=O)N(CCO)CC(F)(F)F. The number of halogens is 3. The van der Waals surface area contributed by atoms with E-state index in [0.717, 1.165) is 0 Å². The number of aliphatic hydroxyl groups is 1. The van der Waals surface area contributed by atoms with Crippen LogP contribution in [0.1, 0.15) is 19.3 Å². The van der Waals surface area contributed by atoms with E-state index in [1.165, 1.54) is 0 Å². The molecule has 0 bridgehead atoms. The van der Waals surface area contributed by atoms with Crippen LogP contribution in [-0.2, 0) is 9.59 Å². The van der Waals surface area contributed by atoms with Crippen molar-refractivity contribution in [3.05, 3.63) is 0 Å². The van der Waals surface area contributed by atoms with E-state index in [4.69, 9.17) is 10.2 Å². The molecule has 5 nitrogen and oxygen atoms in total. The fraction of sp³-hybridized carbons (Fsp3) is 0.818. The molecule has 0 radical (unpaired) electrons. The zero-order valence-electron chi connectivity index (χ0n) is 10.2. The highest BCUT2D eigenvalue weighted by molar-refractivity contribution is 5.85. The number of hydrogen-bond acceptors (Lipinski definition) is 3. The number of carboxylic acids is 1. The second kappa shape index (κ2) is 6.23. The van der Waals surface area contributed by atoms with Crippen molar-refractivity contribution in [3.63, 3.8) is 0 Å². The number of aliphatic carboxylic acids is 1. The molecule has 2 N–H and O–H groups in total. The summed E-state index contributed by atoms with van der Waals surface area (Å²) in [4.78, 5) is 23.4. The molecule has 19 heavy (non-hydrogen) atoms. The van der Waals surface area contributed by atoms with Gasteiger partial charge in [-0.15, -0.1) is 0 Å². The summed E-state index contributed by atoms with van der Waals surface area (Å²) < 4.78 is 37.0. The third kappa shape index (κ3) is 4.38. The van der Waals surface area contributed by atoms with Crippen LogP contribution < -0.4 is 0 Å². The Labute approximate surface area is 108 Å². The Morgan fingerprint density at radius 3 is 2.26 bits per heavy atom. The van der Waals surface area contributed by atoms with E-state index in [2.05, 4.69) is 0 Å². The van der Waals surface area contributed by atoms with Gasteiger partial charge in [0.2, 0.25) is 5.91 Å². The molecule has 1 saturated carbocycles. The molecule has 8 heteroatoms. The van der Waals surface area contributed by atoms with E-state index < -0.39 is 49.6 Å². The maximum Gasteiger partial charge on any atom is 0.406 e. The van der Waals surface area contributed by atoms with Crippen molar-refractivity contribution in [2.24, 2.45) is 11.8 Å². The molecule has 0 aromatic rings. The first-order valence-corrected chi connectivity index (χ1v) is 5.95. The summed E-state index contributed by atoms with van der Waals surface area (Å²) in [6.07, 6.45) is -3.49. The highest BCUT2D eigenvalue weighted by Gasteiger charge is 2.42. The summed E-state index contributed by atoms with van der Waals surface area (Å²) in [6.45, 7) is -2.50. The van der Waals surface area contributed by atoms with Crippen LogP contribution in [0.2, 0.25) is 0 Å². The molecule has 0 saturated heterocycles. The van der Waals surface area contributed by atoms with Crippen molar-refractivity contribution in [2.75, 3.05) is 19.7 Å². The third-order valence-corrected chi connectivity index (χ3v) is 3.20. The van der Waals surface area contributed by atoms with Gasteiger partial charge in [0.05, 0.1) is 18.4 Å². The minimum Gasteiger partial charge on any atom is -0.481 e. The Hall–Kier alpha value is -1.31. The second-order valence-electron chi connectivity index (χ2n) is 4.58. The summed E-state index contributed by atoms with van der Waals surface area (Å²) in [5, 5.41) is 17.7. The maximum absolute atomic E-state index is 12.3. The number of aliphatic hydroxyl groups excluding tert-OH is 1. The first kappa shape index (κ1) is 15.7. The molecule has 0 aromatic heterocycles. The minimum absolute atomic E-state index is 0.273. The fourth-order valence-electron chi connectivity index (χ4n) is 2.39. The Morgan fingerprint density at radius 1 is 1.21 bits per heavy atom. The molecule has 1 rings (SSSR count). The smallest absolute Gasteiger partial charge is 0.406 e. The van der Waals surface area contributed by atoms with Crippen LogP contribution in [-0.4, -0.2) is 52.9 Å². The van der Waals surface area contributed by atoms with Crippen LogP contribution >= 0.6 is 0 Å². The van der Waals surface area contributed by atoms with Crippen molar-refractivity contribution >= 4 is 11.9 Å². The lowest BCUT2D eigenvalue weighted by Gasteiger charge is -2.27. The molecule has 0 spiro atoms. The molecule has 1 aliphatic rings. The highest BCUT2D eigenvalue weighted by atomic mass is 19.4. The average molecular weight is 283 g/mol. The number of carboxylic acid groups (broad SMARTS) is 1. The van der Waals surface area contributed by atoms with Crippen LogP contribution in [0.3, 0.4) is 0 Å². The van der Waals surface area contributed by atoms with Gasteiger partial charge < -0.3 is 15.1 Å². The lowest BCUT2D eigenvalue weighted by molar-refractivity contribution is -0.166. The highest BCUT2D eigenvalue weighted by Crippen LogP contribution is 2.34. The van der Waals surface area contributed by atoms with E-state index in [0.29, 0.717) is 17.7 Å². The number of carbonyl (C=O) groups excluding carboxylic acids is 1. The molecule has 0 aromatic carbocycles. The quantitative estimate of drug-likeness (QED) is 0.785. The number of rotatable bonds is 5. The summed E-state index contributed by atoms with van der Waals surface area (Å²) in [5.41, 5.74) is 0. The molecular formula is C11H16F3NO4. The van der Waals surface area contributed by atoms with Gasteiger partial charge in [-0.05, 0) is 12.8 Å². The predicted molar refractivity (Wildman–Crippen MR) is 58.2 cm³/mol. The lowest BCUT2D eigenvalue weighted by atomic mass is 9.94. The van der Waals surface area contributed by atoms with Gasteiger partial charge in [0, 0.05) is 6.54 Å². The summed E-state index contributed by atoms with van der Waals surface area (Å²) in [6, 6.07) is 0. The van der Waals surface area contributed by atoms with Gasteiger partial charge in [0.25, 0.3) is 0 Å². The van der Waals surface area contributed by atoms with Crippen LogP contribution in [0, 0.1) is 11.8 Å². The van der Waals surface area contributed by atoms with E-state index in [1.54, 1.807) is 0 Å². The summed E-state index contributed by atoms with van der Waals surface area (Å²) in [5.74, 6) is -3.85. The van der Waals surface area contributed by atoms with Crippen molar-refractivity contribution in [3.8, 4) is 0 Å². The van der Waals surface area contributed by atoms with E-state index in [1.807, 2.05) is 0 Å². The Bertz CT molecular complexity index is 345. The topological polar surface area (TPSA) is 77.8 Å². The van der Waals surface area contributed by atoms with Gasteiger partial charge in [-0.3, -0.25) is 9.59 Å². The van der Waals surface area contributed by atoms with Gasteiger partial charge in [0.1, 0.15) is 6.54 Å². The molecule has 2 unspecified atom stereocenters. The molecule has 1 fully saturated rings. The maximum atomic E-state index is 12.3. The number of amides is 1. The molecule has 2 atom stereocenters. The Morgan fingerprint density at radius 2 is 1.79 bits per heavy atom. The number of hydrogen-bond donors (Lipinski definition) is 2. The van der Waals surface area contributed by atoms with Crippen LogP contribution in [0.25, 0.3) is 0 Å². The van der Waals surface area contributed by atoms with E-state index >= 15 is 0 Å². The number of nitrogens with zero attached hydrogens (tertiary/aromatic N) is 1. The Kier molecular flexibility index (Phi) is 5.16. The standard InChI is InChI=1S/C11H16F3NO4/c12-11(13,14)6-15(4-5-16)9(17)7-2-1-3-8(7)10(18)19/h7-8,16H,1-6H2,(H,18,19). The minimum atomic E-state index is -4.57. The van der Waals surface area contributed by atoms with Gasteiger partial charge >= 0.3 is 12.1 Å². The monoisotopic (exact) mass is 283 g/mol. The molecule has 1 amide bonds. The van der Waals surface area contributed by atoms with Crippen molar-refractivity contribution in [1.29, 1.82) is 0 Å². The van der Waals surface area contributed by atoms with Crippen LogP contribution in [0.5, 0.6) is 0 Å². The first-order valence-electron chi connectivity index (χ1n) is 5.95. The third-order valence-electron chi connectivity index (χ3n) is 3.20. The zero-order valence-corrected chi connectivity index (χ0v) is 10.2. The zero-order chi connectivity index (χ0) is 14.6. The van der Waals surface area contributed by atoms with Crippen molar-refractivity contribution < 1.29 is 33.0 Å². The predicted octanol–water partition coefficient (Wildman–Crippen LogP) is 0.870. The Balaban J connectivity index is 2.78. The summed E-state index contributed by atoms with van der Waals surface area (Å²) in [7, 11) is 0. The number of alkyl halides is 3. The van der Waals surface area contributed by atoms with Crippen molar-refractivity contribution in [1.82, 2.24) is 4.90 Å². The number of carbonyl (C=O) groups is 2. The van der Waals surface area contributed by atoms with E-state index in [9.17, 15) is 22.8 Å². The molecule has 1 aliphatic carbocycles. The molecule has 0 heterocycles. The van der Waals surface area contributed by atoms with Crippen LogP contribution in [0.4, 0.5) is 13.2 Å². The van der Waals surface area contributed by atoms with Gasteiger partial charge in [-0.2, -0.15) is 13.2 Å². The van der Waals surface area contributed by atoms with Crippen molar-refractivity contribution in [2.45, 2.75) is 25.4 Å². The van der Waals surface area contributed by atoms with Gasteiger partial charge in [-0.25, -0.2) is 0 Å². The second-order valence-corrected chi connectivity index (χ2v) is 4.58. The van der Waals surface area contributed by atoms with Crippen LogP contribution in [0.15, 0.2) is 0 Å².